The van der Waals surface area contributed by atoms with Crippen molar-refractivity contribution in [3.63, 3.8) is 0 Å². The van der Waals surface area contributed by atoms with Gasteiger partial charge in [0.05, 0.1) is 37.6 Å². The number of aliphatic hydroxyl groups is 1. The Kier molecular flexibility index (Phi) is 5.38. The van der Waals surface area contributed by atoms with Crippen LogP contribution in [0, 0.1) is 5.82 Å². The second kappa shape index (κ2) is 7.10. The molecule has 0 spiro atoms. The van der Waals surface area contributed by atoms with Gasteiger partial charge in [0.15, 0.2) is 11.6 Å². The lowest BCUT2D eigenvalue weighted by atomic mass is 10.00. The van der Waals surface area contributed by atoms with E-state index in [0.717, 1.165) is 0 Å². The highest BCUT2D eigenvalue weighted by molar-refractivity contribution is 5.75. The van der Waals surface area contributed by atoms with Gasteiger partial charge in [-0.2, -0.15) is 0 Å². The number of ether oxygens (including phenoxy) is 2. The minimum Gasteiger partial charge on any atom is -0.494 e. The molecule has 0 radical (unpaired) electrons. The van der Waals surface area contributed by atoms with Crippen LogP contribution in [0.4, 0.5) is 9.18 Å². The van der Waals surface area contributed by atoms with Crippen LogP contribution in [0.25, 0.3) is 0 Å². The maximum atomic E-state index is 14.0. The molecule has 2 heterocycles. The molecule has 1 fully saturated rings. The Balaban J connectivity index is 2.05. The molecule has 23 heavy (non-hydrogen) atoms. The number of amides is 2. The van der Waals surface area contributed by atoms with Crippen molar-refractivity contribution >= 4 is 6.03 Å². The zero-order valence-corrected chi connectivity index (χ0v) is 13.5. The number of urea groups is 1. The molecule has 2 amide bonds. The Morgan fingerprint density at radius 3 is 2.96 bits per heavy atom. The van der Waals surface area contributed by atoms with Crippen LogP contribution in [0.2, 0.25) is 0 Å². The zero-order valence-electron chi connectivity index (χ0n) is 13.5. The molecule has 1 saturated heterocycles. The monoisotopic (exact) mass is 327 g/mol. The van der Waals surface area contributed by atoms with Crippen molar-refractivity contribution < 1.29 is 23.8 Å². The van der Waals surface area contributed by atoms with E-state index >= 15 is 0 Å². The molecule has 7 nitrogen and oxygen atoms in total. The molecule has 2 atom stereocenters. The zero-order chi connectivity index (χ0) is 17.0. The number of carbonyl (C=O) groups excluding carboxylic acids is 1. The van der Waals surface area contributed by atoms with Crippen LogP contribution in [0.1, 0.15) is 19.0 Å². The summed E-state index contributed by atoms with van der Waals surface area (Å²) in [4.78, 5) is 17.8. The van der Waals surface area contributed by atoms with E-state index in [9.17, 15) is 14.3 Å². The summed E-state index contributed by atoms with van der Waals surface area (Å²) in [7, 11) is 2.93. The van der Waals surface area contributed by atoms with E-state index in [1.807, 2.05) is 0 Å². The Morgan fingerprint density at radius 1 is 1.61 bits per heavy atom. The highest BCUT2D eigenvalue weighted by Crippen LogP contribution is 2.30. The first-order valence-electron chi connectivity index (χ1n) is 7.31. The molecule has 0 aromatic carbocycles. The van der Waals surface area contributed by atoms with Crippen LogP contribution < -0.4 is 10.1 Å². The molecule has 2 N–H and O–H groups in total. The lowest BCUT2D eigenvalue weighted by Crippen LogP contribution is -2.51. The molecule has 128 valence electrons. The Hall–Kier alpha value is -1.93. The summed E-state index contributed by atoms with van der Waals surface area (Å²) in [5.74, 6) is -0.526. The van der Waals surface area contributed by atoms with E-state index in [1.54, 1.807) is 14.0 Å². The van der Waals surface area contributed by atoms with Gasteiger partial charge < -0.3 is 24.8 Å². The standard InChI is InChI=1S/C15H22FN3O4/c1-15(9-20)6-10(22-2)8-19(15)14(21)18-7-11-13(16)12(23-3)4-5-17-11/h4-5,10,20H,6-9H2,1-3H3,(H,18,21). The average Bonchev–Trinajstić information content (AvgIpc) is 2.91. The number of nitrogens with zero attached hydrogens (tertiary/aromatic N) is 2. The summed E-state index contributed by atoms with van der Waals surface area (Å²) < 4.78 is 24.2. The fraction of sp³-hybridized carbons (Fsp3) is 0.600. The van der Waals surface area contributed by atoms with E-state index < -0.39 is 17.4 Å². The third-order valence-corrected chi connectivity index (χ3v) is 4.18. The first kappa shape index (κ1) is 17.4. The van der Waals surface area contributed by atoms with Crippen molar-refractivity contribution in [2.45, 2.75) is 31.5 Å². The summed E-state index contributed by atoms with van der Waals surface area (Å²) in [5, 5.41) is 12.2. The number of pyridine rings is 1. The number of nitrogens with one attached hydrogen (secondary N) is 1. The van der Waals surface area contributed by atoms with E-state index in [-0.39, 0.29) is 30.7 Å². The van der Waals surface area contributed by atoms with Crippen molar-refractivity contribution in [1.82, 2.24) is 15.2 Å². The van der Waals surface area contributed by atoms with Crippen LogP contribution in [-0.2, 0) is 11.3 Å². The Morgan fingerprint density at radius 2 is 2.35 bits per heavy atom. The fourth-order valence-electron chi connectivity index (χ4n) is 2.73. The molecule has 2 rings (SSSR count). The number of hydrogen-bond donors (Lipinski definition) is 2. The summed E-state index contributed by atoms with van der Waals surface area (Å²) in [6.45, 7) is 1.91. The Bertz CT molecular complexity index is 572. The molecule has 8 heteroatoms. The topological polar surface area (TPSA) is 83.9 Å². The van der Waals surface area contributed by atoms with Crippen molar-refractivity contribution in [3.05, 3.63) is 23.8 Å². The second-order valence-electron chi connectivity index (χ2n) is 5.76. The molecule has 1 aromatic heterocycles. The molecular formula is C15H22FN3O4. The van der Waals surface area contributed by atoms with Gasteiger partial charge in [-0.15, -0.1) is 0 Å². The Labute approximate surface area is 134 Å². The second-order valence-corrected chi connectivity index (χ2v) is 5.76. The average molecular weight is 327 g/mol. The van der Waals surface area contributed by atoms with E-state index in [4.69, 9.17) is 9.47 Å². The van der Waals surface area contributed by atoms with Crippen molar-refractivity contribution in [2.75, 3.05) is 27.4 Å². The maximum Gasteiger partial charge on any atom is 0.318 e. The van der Waals surface area contributed by atoms with Crippen molar-refractivity contribution in [1.29, 1.82) is 0 Å². The third kappa shape index (κ3) is 3.53. The summed E-state index contributed by atoms with van der Waals surface area (Å²) in [6, 6.07) is 1.01. The van der Waals surface area contributed by atoms with Gasteiger partial charge >= 0.3 is 6.03 Å². The molecular weight excluding hydrogens is 305 g/mol. The first-order valence-corrected chi connectivity index (χ1v) is 7.31. The van der Waals surface area contributed by atoms with Gasteiger partial charge in [0, 0.05) is 32.3 Å². The first-order chi connectivity index (χ1) is 10.9. The van der Waals surface area contributed by atoms with Gasteiger partial charge in [0.1, 0.15) is 0 Å². The number of aromatic nitrogens is 1. The van der Waals surface area contributed by atoms with E-state index in [2.05, 4.69) is 10.3 Å². The van der Waals surface area contributed by atoms with Crippen LogP contribution in [0.15, 0.2) is 12.3 Å². The maximum absolute atomic E-state index is 14.0. The largest absolute Gasteiger partial charge is 0.494 e. The van der Waals surface area contributed by atoms with E-state index in [0.29, 0.717) is 13.0 Å². The lowest BCUT2D eigenvalue weighted by molar-refractivity contribution is 0.0948. The predicted octanol–water partition coefficient (Wildman–Crippen LogP) is 0.911. The van der Waals surface area contributed by atoms with Crippen LogP contribution in [0.5, 0.6) is 5.75 Å². The van der Waals surface area contributed by atoms with Crippen molar-refractivity contribution in [3.8, 4) is 5.75 Å². The van der Waals surface area contributed by atoms with Gasteiger partial charge in [0.25, 0.3) is 0 Å². The number of carbonyl (C=O) groups is 1. The van der Waals surface area contributed by atoms with Crippen LogP contribution in [-0.4, -0.2) is 60.0 Å². The number of rotatable bonds is 5. The smallest absolute Gasteiger partial charge is 0.318 e. The molecule has 0 aliphatic carbocycles. The fourth-order valence-corrected chi connectivity index (χ4v) is 2.73. The molecule has 0 bridgehead atoms. The minimum atomic E-state index is -0.703. The van der Waals surface area contributed by atoms with Crippen LogP contribution in [0.3, 0.4) is 0 Å². The molecule has 1 aromatic rings. The highest BCUT2D eigenvalue weighted by atomic mass is 19.1. The highest BCUT2D eigenvalue weighted by Gasteiger charge is 2.44. The number of likely N-dealkylation sites (tertiary alicyclic amines) is 1. The van der Waals surface area contributed by atoms with Gasteiger partial charge in [-0.05, 0) is 6.92 Å². The normalized spacial score (nSPS) is 23.9. The number of aliphatic hydroxyl groups excluding tert-OH is 1. The predicted molar refractivity (Wildman–Crippen MR) is 80.6 cm³/mol. The third-order valence-electron chi connectivity index (χ3n) is 4.18. The molecule has 0 saturated carbocycles. The summed E-state index contributed by atoms with van der Waals surface area (Å²) in [6.07, 6.45) is 1.82. The number of halogens is 1. The minimum absolute atomic E-state index is 0.0719. The van der Waals surface area contributed by atoms with Crippen molar-refractivity contribution in [2.24, 2.45) is 0 Å². The molecule has 2 unspecified atom stereocenters. The van der Waals surface area contributed by atoms with Gasteiger partial charge in [-0.3, -0.25) is 4.98 Å². The quantitative estimate of drug-likeness (QED) is 0.840. The van der Waals surface area contributed by atoms with Crippen LogP contribution >= 0.6 is 0 Å². The lowest BCUT2D eigenvalue weighted by Gasteiger charge is -2.33. The molecule has 1 aliphatic heterocycles. The number of hydrogen-bond acceptors (Lipinski definition) is 5. The number of methoxy groups -OCH3 is 2. The summed E-state index contributed by atoms with van der Waals surface area (Å²) >= 11 is 0. The van der Waals surface area contributed by atoms with Gasteiger partial charge in [0.2, 0.25) is 0 Å². The van der Waals surface area contributed by atoms with E-state index in [1.165, 1.54) is 24.3 Å². The molecule has 1 aliphatic rings. The SMILES string of the molecule is COc1ccnc(CNC(=O)N2CC(OC)CC2(C)CO)c1F. The summed E-state index contributed by atoms with van der Waals surface area (Å²) in [5.41, 5.74) is -0.614. The van der Waals surface area contributed by atoms with Gasteiger partial charge in [-0.25, -0.2) is 9.18 Å². The van der Waals surface area contributed by atoms with Gasteiger partial charge in [-0.1, -0.05) is 0 Å².